The zero-order valence-corrected chi connectivity index (χ0v) is 13.1. The minimum atomic E-state index is -0.396. The molecule has 1 aromatic rings. The van der Waals surface area contributed by atoms with Crippen LogP contribution in [0.25, 0.3) is 0 Å². The minimum Gasteiger partial charge on any atom is -0.448 e. The fourth-order valence-corrected chi connectivity index (χ4v) is 2.92. The Balaban J connectivity index is 1.47. The van der Waals surface area contributed by atoms with Crippen molar-refractivity contribution in [3.05, 3.63) is 35.9 Å². The molecule has 0 bridgehead atoms. The van der Waals surface area contributed by atoms with E-state index in [4.69, 9.17) is 9.47 Å². The molecule has 0 saturated carbocycles. The summed E-state index contributed by atoms with van der Waals surface area (Å²) < 4.78 is 10.8. The van der Waals surface area contributed by atoms with Gasteiger partial charge >= 0.3 is 6.09 Å². The number of hydrogen-bond acceptors (Lipinski definition) is 4. The molecule has 6 heteroatoms. The van der Waals surface area contributed by atoms with E-state index in [-0.39, 0.29) is 18.6 Å². The van der Waals surface area contributed by atoms with Crippen molar-refractivity contribution in [2.75, 3.05) is 32.8 Å². The van der Waals surface area contributed by atoms with Crippen LogP contribution in [-0.4, -0.2) is 60.7 Å². The van der Waals surface area contributed by atoms with E-state index in [1.165, 1.54) is 4.90 Å². The Hall–Kier alpha value is -2.08. The van der Waals surface area contributed by atoms with Gasteiger partial charge in [-0.25, -0.2) is 4.79 Å². The second kappa shape index (κ2) is 7.46. The van der Waals surface area contributed by atoms with Gasteiger partial charge in [-0.05, 0) is 18.4 Å². The average molecular weight is 318 g/mol. The largest absolute Gasteiger partial charge is 0.448 e. The van der Waals surface area contributed by atoms with Crippen LogP contribution >= 0.6 is 0 Å². The van der Waals surface area contributed by atoms with Gasteiger partial charge in [-0.2, -0.15) is 0 Å². The number of rotatable bonds is 5. The Kier molecular flexibility index (Phi) is 5.12. The topological polar surface area (TPSA) is 59.1 Å². The summed E-state index contributed by atoms with van der Waals surface area (Å²) in [6.07, 6.45) is 1.54. The van der Waals surface area contributed by atoms with E-state index < -0.39 is 6.09 Å². The van der Waals surface area contributed by atoms with Crippen LogP contribution in [0.1, 0.15) is 18.4 Å². The SMILES string of the molecule is O=C(CN1CCOC1=O)N1CCCC(OCc2ccccc2)C1. The zero-order valence-electron chi connectivity index (χ0n) is 13.1. The van der Waals surface area contributed by atoms with Gasteiger partial charge in [0.1, 0.15) is 13.2 Å². The van der Waals surface area contributed by atoms with Crippen molar-refractivity contribution in [1.29, 1.82) is 0 Å². The van der Waals surface area contributed by atoms with Crippen LogP contribution in [0.5, 0.6) is 0 Å². The molecule has 2 heterocycles. The second-order valence-corrected chi connectivity index (χ2v) is 5.94. The van der Waals surface area contributed by atoms with Crippen molar-refractivity contribution in [2.24, 2.45) is 0 Å². The van der Waals surface area contributed by atoms with Crippen molar-refractivity contribution in [3.8, 4) is 0 Å². The van der Waals surface area contributed by atoms with Gasteiger partial charge in [0.25, 0.3) is 0 Å². The summed E-state index contributed by atoms with van der Waals surface area (Å²) >= 11 is 0. The monoisotopic (exact) mass is 318 g/mol. The molecule has 0 aliphatic carbocycles. The van der Waals surface area contributed by atoms with Crippen LogP contribution in [0.15, 0.2) is 30.3 Å². The molecule has 1 unspecified atom stereocenters. The van der Waals surface area contributed by atoms with Gasteiger partial charge in [0, 0.05) is 13.1 Å². The highest BCUT2D eigenvalue weighted by Crippen LogP contribution is 2.16. The number of likely N-dealkylation sites (tertiary alicyclic amines) is 1. The molecule has 2 amide bonds. The van der Waals surface area contributed by atoms with Crippen molar-refractivity contribution in [2.45, 2.75) is 25.6 Å². The van der Waals surface area contributed by atoms with Gasteiger partial charge < -0.3 is 14.4 Å². The summed E-state index contributed by atoms with van der Waals surface area (Å²) in [4.78, 5) is 27.0. The Morgan fingerprint density at radius 3 is 2.83 bits per heavy atom. The summed E-state index contributed by atoms with van der Waals surface area (Å²) in [7, 11) is 0. The molecule has 0 spiro atoms. The summed E-state index contributed by atoms with van der Waals surface area (Å²) in [6, 6.07) is 10.0. The molecule has 1 aromatic carbocycles. The number of nitrogens with zero attached hydrogens (tertiary/aromatic N) is 2. The lowest BCUT2D eigenvalue weighted by Crippen LogP contribution is -2.47. The third kappa shape index (κ3) is 4.22. The normalized spacial score (nSPS) is 21.4. The first-order valence-electron chi connectivity index (χ1n) is 8.07. The van der Waals surface area contributed by atoms with E-state index >= 15 is 0 Å². The van der Waals surface area contributed by atoms with Crippen LogP contribution in [0.2, 0.25) is 0 Å². The number of ether oxygens (including phenoxy) is 2. The van der Waals surface area contributed by atoms with Crippen molar-refractivity contribution in [1.82, 2.24) is 9.80 Å². The van der Waals surface area contributed by atoms with E-state index in [0.29, 0.717) is 26.3 Å². The lowest BCUT2D eigenvalue weighted by Gasteiger charge is -2.33. The smallest absolute Gasteiger partial charge is 0.410 e. The predicted octanol–water partition coefficient (Wildman–Crippen LogP) is 1.65. The van der Waals surface area contributed by atoms with Gasteiger partial charge in [-0.1, -0.05) is 30.3 Å². The molecule has 1 atom stereocenters. The van der Waals surface area contributed by atoms with E-state index in [1.807, 2.05) is 30.3 Å². The highest BCUT2D eigenvalue weighted by atomic mass is 16.6. The fraction of sp³-hybridized carbons (Fsp3) is 0.529. The minimum absolute atomic E-state index is 0.0307. The first-order chi connectivity index (χ1) is 11.2. The van der Waals surface area contributed by atoms with Crippen molar-refractivity contribution in [3.63, 3.8) is 0 Å². The highest BCUT2D eigenvalue weighted by Gasteiger charge is 2.29. The number of piperidine rings is 1. The maximum Gasteiger partial charge on any atom is 0.410 e. The van der Waals surface area contributed by atoms with E-state index in [1.54, 1.807) is 4.90 Å². The van der Waals surface area contributed by atoms with Gasteiger partial charge in [0.15, 0.2) is 0 Å². The molecular formula is C17H22N2O4. The molecule has 2 aliphatic rings. The Morgan fingerprint density at radius 2 is 2.09 bits per heavy atom. The number of hydrogen-bond donors (Lipinski definition) is 0. The molecular weight excluding hydrogens is 296 g/mol. The standard InChI is InChI=1S/C17H22N2O4/c20-16(12-19-9-10-22-17(19)21)18-8-4-7-15(11-18)23-13-14-5-2-1-3-6-14/h1-3,5-6,15H,4,7-13H2. The van der Waals surface area contributed by atoms with Crippen LogP contribution in [0.3, 0.4) is 0 Å². The third-order valence-corrected chi connectivity index (χ3v) is 4.23. The van der Waals surface area contributed by atoms with Crippen molar-refractivity contribution >= 4 is 12.0 Å². The fourth-order valence-electron chi connectivity index (χ4n) is 2.92. The zero-order chi connectivity index (χ0) is 16.1. The summed E-state index contributed by atoms with van der Waals surface area (Å²) in [5.74, 6) is -0.0307. The number of benzene rings is 1. The number of cyclic esters (lactones) is 1. The van der Waals surface area contributed by atoms with E-state index in [0.717, 1.165) is 24.9 Å². The number of carbonyl (C=O) groups is 2. The molecule has 2 saturated heterocycles. The molecule has 6 nitrogen and oxygen atoms in total. The first-order valence-corrected chi connectivity index (χ1v) is 8.07. The van der Waals surface area contributed by atoms with Crippen LogP contribution in [0.4, 0.5) is 4.79 Å². The summed E-state index contributed by atoms with van der Waals surface area (Å²) in [5, 5.41) is 0. The Bertz CT molecular complexity index is 549. The third-order valence-electron chi connectivity index (χ3n) is 4.23. The lowest BCUT2D eigenvalue weighted by atomic mass is 10.1. The van der Waals surface area contributed by atoms with Gasteiger partial charge in [0.2, 0.25) is 5.91 Å². The van der Waals surface area contributed by atoms with Crippen LogP contribution in [-0.2, 0) is 20.9 Å². The maximum atomic E-state index is 12.3. The van der Waals surface area contributed by atoms with Crippen LogP contribution < -0.4 is 0 Å². The lowest BCUT2D eigenvalue weighted by molar-refractivity contribution is -0.136. The van der Waals surface area contributed by atoms with Gasteiger partial charge in [-0.15, -0.1) is 0 Å². The molecule has 3 rings (SSSR count). The number of carbonyl (C=O) groups excluding carboxylic acids is 2. The van der Waals surface area contributed by atoms with Crippen molar-refractivity contribution < 1.29 is 19.1 Å². The quantitative estimate of drug-likeness (QED) is 0.828. The van der Waals surface area contributed by atoms with E-state index in [2.05, 4.69) is 0 Å². The van der Waals surface area contributed by atoms with E-state index in [9.17, 15) is 9.59 Å². The number of amides is 2. The summed E-state index contributed by atoms with van der Waals surface area (Å²) in [6.45, 7) is 2.85. The van der Waals surface area contributed by atoms with Crippen LogP contribution in [0, 0.1) is 0 Å². The highest BCUT2D eigenvalue weighted by molar-refractivity contribution is 5.83. The Labute approximate surface area is 136 Å². The predicted molar refractivity (Wildman–Crippen MR) is 83.8 cm³/mol. The van der Waals surface area contributed by atoms with Gasteiger partial charge in [0.05, 0.1) is 19.3 Å². The Morgan fingerprint density at radius 1 is 1.26 bits per heavy atom. The maximum absolute atomic E-state index is 12.3. The molecule has 23 heavy (non-hydrogen) atoms. The molecule has 0 radical (unpaired) electrons. The molecule has 0 N–H and O–H groups in total. The first kappa shape index (κ1) is 15.8. The molecule has 2 fully saturated rings. The summed E-state index contributed by atoms with van der Waals surface area (Å²) in [5.41, 5.74) is 1.13. The second-order valence-electron chi connectivity index (χ2n) is 5.94. The average Bonchev–Trinajstić information content (AvgIpc) is 2.99. The van der Waals surface area contributed by atoms with Gasteiger partial charge in [-0.3, -0.25) is 9.69 Å². The molecule has 124 valence electrons. The molecule has 2 aliphatic heterocycles. The molecule has 0 aromatic heterocycles.